The summed E-state index contributed by atoms with van der Waals surface area (Å²) in [4.78, 5) is 11.0. The predicted octanol–water partition coefficient (Wildman–Crippen LogP) is 2.02. The van der Waals surface area contributed by atoms with Gasteiger partial charge in [-0.15, -0.1) is 0 Å². The van der Waals surface area contributed by atoms with Gasteiger partial charge in [0.05, 0.1) is 25.5 Å². The molecule has 0 atom stereocenters. The molecule has 0 spiro atoms. The molecule has 2 N–H and O–H groups in total. The predicted molar refractivity (Wildman–Crippen MR) is 113 cm³/mol. The van der Waals surface area contributed by atoms with Crippen LogP contribution in [-0.4, -0.2) is 58.0 Å². The van der Waals surface area contributed by atoms with Crippen LogP contribution < -0.4 is 14.2 Å². The molecule has 2 heterocycles. The summed E-state index contributed by atoms with van der Waals surface area (Å²) in [5.41, 5.74) is 0.866. The molecular formula is C17H19ClN4O6S2. The second kappa shape index (κ2) is 8.28. The Morgan fingerprint density at radius 3 is 2.30 bits per heavy atom. The molecule has 0 amide bonds. The number of nitrogens with one attached hydrogen (secondary N) is 2. The van der Waals surface area contributed by atoms with Crippen LogP contribution in [0.15, 0.2) is 29.3 Å². The minimum absolute atomic E-state index is 0.00825. The summed E-state index contributed by atoms with van der Waals surface area (Å²) >= 11 is 5.94. The quantitative estimate of drug-likeness (QED) is 0.505. The minimum Gasteiger partial charge on any atom is -0.481 e. The van der Waals surface area contributed by atoms with E-state index in [-0.39, 0.29) is 34.8 Å². The van der Waals surface area contributed by atoms with E-state index in [1.165, 1.54) is 20.4 Å². The summed E-state index contributed by atoms with van der Waals surface area (Å²) in [7, 11) is -4.67. The number of sulfonamides is 1. The average Bonchev–Trinajstić information content (AvgIpc) is 3.09. The first-order valence-corrected chi connectivity index (χ1v) is 12.4. The molecule has 0 unspecified atom stereocenters. The highest BCUT2D eigenvalue weighted by Crippen LogP contribution is 2.30. The van der Waals surface area contributed by atoms with Crippen LogP contribution >= 0.6 is 11.6 Å². The Bertz CT molecular complexity index is 1280. The number of sulfone groups is 1. The van der Waals surface area contributed by atoms with Crippen molar-refractivity contribution in [2.75, 3.05) is 31.0 Å². The maximum atomic E-state index is 12.9. The number of ether oxygens (including phenoxy) is 2. The van der Waals surface area contributed by atoms with Gasteiger partial charge in [0.25, 0.3) is 10.0 Å². The summed E-state index contributed by atoms with van der Waals surface area (Å²) in [5, 5.41) is 0.902. The van der Waals surface area contributed by atoms with Gasteiger partial charge in [0.1, 0.15) is 14.7 Å². The van der Waals surface area contributed by atoms with Crippen molar-refractivity contribution in [1.82, 2.24) is 15.0 Å². The van der Waals surface area contributed by atoms with E-state index in [4.69, 9.17) is 21.1 Å². The maximum absolute atomic E-state index is 12.9. The van der Waals surface area contributed by atoms with Gasteiger partial charge in [-0.25, -0.2) is 21.6 Å². The molecule has 3 aromatic rings. The molecule has 2 aromatic heterocycles. The van der Waals surface area contributed by atoms with Crippen LogP contribution in [0.4, 0.5) is 5.95 Å². The lowest BCUT2D eigenvalue weighted by Gasteiger charge is -2.13. The van der Waals surface area contributed by atoms with E-state index < -0.39 is 19.9 Å². The molecule has 0 aliphatic carbocycles. The number of anilines is 1. The number of hydrogen-bond acceptors (Lipinski definition) is 8. The van der Waals surface area contributed by atoms with Gasteiger partial charge in [0.2, 0.25) is 17.7 Å². The Hall–Kier alpha value is -2.57. The normalized spacial score (nSPS) is 12.1. The number of methoxy groups -OCH3 is 2. The molecule has 10 nitrogen and oxygen atoms in total. The van der Waals surface area contributed by atoms with Gasteiger partial charge in [-0.3, -0.25) is 0 Å². The standard InChI is InChI=1S/C17H19ClN4O6S2/c1-27-15-12(6-7-29(3,23)24)16(28-2)21-17(20-15)22-30(25,26)14-9-19-13-8-10(18)4-5-11(13)14/h4-5,8-9,19H,6-7H2,1-3H3,(H,20,21,22). The van der Waals surface area contributed by atoms with Gasteiger partial charge in [0.15, 0.2) is 0 Å². The zero-order valence-corrected chi connectivity index (χ0v) is 18.7. The van der Waals surface area contributed by atoms with Gasteiger partial charge in [0, 0.05) is 28.4 Å². The molecule has 13 heteroatoms. The molecule has 0 saturated heterocycles. The van der Waals surface area contributed by atoms with Crippen molar-refractivity contribution in [3.63, 3.8) is 0 Å². The van der Waals surface area contributed by atoms with Crippen molar-refractivity contribution in [1.29, 1.82) is 0 Å². The highest BCUT2D eigenvalue weighted by molar-refractivity contribution is 7.93. The molecule has 162 valence electrons. The molecule has 0 saturated carbocycles. The van der Waals surface area contributed by atoms with E-state index >= 15 is 0 Å². The third kappa shape index (κ3) is 4.77. The van der Waals surface area contributed by atoms with E-state index in [1.807, 2.05) is 0 Å². The van der Waals surface area contributed by atoms with Gasteiger partial charge >= 0.3 is 0 Å². The Morgan fingerprint density at radius 2 is 1.73 bits per heavy atom. The summed E-state index contributed by atoms with van der Waals surface area (Å²) in [5.74, 6) is -0.440. The number of halogens is 1. The van der Waals surface area contributed by atoms with Crippen LogP contribution in [0.2, 0.25) is 5.02 Å². The second-order valence-electron chi connectivity index (χ2n) is 6.37. The number of benzene rings is 1. The molecule has 30 heavy (non-hydrogen) atoms. The molecule has 3 rings (SSSR count). The Kier molecular flexibility index (Phi) is 6.11. The lowest BCUT2D eigenvalue weighted by molar-refractivity contribution is 0.364. The summed E-state index contributed by atoms with van der Waals surface area (Å²) in [6.07, 6.45) is 2.48. The zero-order chi connectivity index (χ0) is 22.1. The average molecular weight is 475 g/mol. The van der Waals surface area contributed by atoms with Crippen LogP contribution in [0.3, 0.4) is 0 Å². The third-order valence-corrected chi connectivity index (χ3v) is 6.71. The van der Waals surface area contributed by atoms with Crippen molar-refractivity contribution in [3.8, 4) is 11.8 Å². The van der Waals surface area contributed by atoms with Gasteiger partial charge in [-0.1, -0.05) is 11.6 Å². The molecule has 0 radical (unpaired) electrons. The van der Waals surface area contributed by atoms with Crippen molar-refractivity contribution >= 4 is 48.3 Å². The highest BCUT2D eigenvalue weighted by atomic mass is 35.5. The van der Waals surface area contributed by atoms with Crippen LogP contribution in [0.5, 0.6) is 11.8 Å². The number of hydrogen-bond donors (Lipinski definition) is 2. The molecular weight excluding hydrogens is 456 g/mol. The molecule has 0 bridgehead atoms. The molecule has 0 fully saturated rings. The van der Waals surface area contributed by atoms with Crippen molar-refractivity contribution < 1.29 is 26.3 Å². The van der Waals surface area contributed by atoms with Crippen LogP contribution in [-0.2, 0) is 26.3 Å². The van der Waals surface area contributed by atoms with Crippen molar-refractivity contribution in [2.24, 2.45) is 0 Å². The maximum Gasteiger partial charge on any atom is 0.266 e. The largest absolute Gasteiger partial charge is 0.481 e. The van der Waals surface area contributed by atoms with E-state index in [9.17, 15) is 16.8 Å². The number of H-pyrrole nitrogens is 1. The molecule has 1 aromatic carbocycles. The van der Waals surface area contributed by atoms with E-state index in [0.717, 1.165) is 6.26 Å². The fraction of sp³-hybridized carbons (Fsp3) is 0.294. The summed E-state index contributed by atoms with van der Waals surface area (Å²) in [6.45, 7) is 0. The van der Waals surface area contributed by atoms with Crippen LogP contribution in [0.25, 0.3) is 10.9 Å². The lowest BCUT2D eigenvalue weighted by Crippen LogP contribution is -2.17. The van der Waals surface area contributed by atoms with Gasteiger partial charge in [-0.05, 0) is 24.6 Å². The summed E-state index contributed by atoms with van der Waals surface area (Å²) in [6, 6.07) is 4.77. The Balaban J connectivity index is 1.99. The fourth-order valence-corrected chi connectivity index (χ4v) is 4.67. The Labute approximate surface area is 178 Å². The number of aromatic amines is 1. The second-order valence-corrected chi connectivity index (χ2v) is 10.7. The van der Waals surface area contributed by atoms with E-state index in [1.54, 1.807) is 18.2 Å². The number of rotatable bonds is 8. The van der Waals surface area contributed by atoms with Crippen molar-refractivity contribution in [2.45, 2.75) is 11.3 Å². The topological polar surface area (TPSA) is 140 Å². The van der Waals surface area contributed by atoms with Crippen molar-refractivity contribution in [3.05, 3.63) is 35.0 Å². The number of fused-ring (bicyclic) bond motifs is 1. The molecule has 0 aliphatic heterocycles. The first-order chi connectivity index (χ1) is 14.0. The minimum atomic E-state index is -4.06. The Morgan fingerprint density at radius 1 is 1.10 bits per heavy atom. The zero-order valence-electron chi connectivity index (χ0n) is 16.3. The fourth-order valence-electron chi connectivity index (χ4n) is 2.80. The number of aromatic nitrogens is 3. The third-order valence-electron chi connectivity index (χ3n) is 4.16. The monoisotopic (exact) mass is 474 g/mol. The van der Waals surface area contributed by atoms with Crippen LogP contribution in [0, 0.1) is 0 Å². The van der Waals surface area contributed by atoms with E-state index in [0.29, 0.717) is 21.5 Å². The first kappa shape index (κ1) is 22.1. The molecule has 0 aliphatic rings. The number of nitrogens with zero attached hydrogens (tertiary/aromatic N) is 2. The smallest absolute Gasteiger partial charge is 0.266 e. The first-order valence-electron chi connectivity index (χ1n) is 8.50. The van der Waals surface area contributed by atoms with Gasteiger partial charge in [-0.2, -0.15) is 9.97 Å². The van der Waals surface area contributed by atoms with Crippen LogP contribution in [0.1, 0.15) is 5.56 Å². The van der Waals surface area contributed by atoms with E-state index in [2.05, 4.69) is 19.7 Å². The SMILES string of the molecule is COc1nc(NS(=O)(=O)c2c[nH]c3cc(Cl)ccc23)nc(OC)c1CCS(C)(=O)=O. The highest BCUT2D eigenvalue weighted by Gasteiger charge is 2.24. The summed E-state index contributed by atoms with van der Waals surface area (Å²) < 4.78 is 61.5. The van der Waals surface area contributed by atoms with Gasteiger partial charge < -0.3 is 14.5 Å². The lowest BCUT2D eigenvalue weighted by atomic mass is 10.2.